The van der Waals surface area contributed by atoms with Crippen LogP contribution >= 0.6 is 27.7 Å². The van der Waals surface area contributed by atoms with Gasteiger partial charge in [-0.2, -0.15) is 11.8 Å². The lowest BCUT2D eigenvalue weighted by atomic mass is 9.94. The molecule has 0 aliphatic heterocycles. The average molecular weight is 330 g/mol. The van der Waals surface area contributed by atoms with Crippen LogP contribution in [0.5, 0.6) is 0 Å². The maximum Gasteiger partial charge on any atom is 0.0210 e. The molecule has 0 saturated heterocycles. The van der Waals surface area contributed by atoms with Crippen molar-refractivity contribution in [1.29, 1.82) is 0 Å². The van der Waals surface area contributed by atoms with Crippen molar-refractivity contribution in [3.8, 4) is 0 Å². The lowest BCUT2D eigenvalue weighted by molar-refractivity contribution is 0.555. The molecule has 0 aliphatic carbocycles. The van der Waals surface area contributed by atoms with Crippen molar-refractivity contribution >= 4 is 27.7 Å². The van der Waals surface area contributed by atoms with Gasteiger partial charge in [0.25, 0.3) is 0 Å². The molecule has 1 nitrogen and oxygen atoms in total. The second-order valence-electron chi connectivity index (χ2n) is 4.37. The first-order valence-electron chi connectivity index (χ1n) is 6.82. The third-order valence-electron chi connectivity index (χ3n) is 3.03. The van der Waals surface area contributed by atoms with E-state index in [4.69, 9.17) is 0 Å². The van der Waals surface area contributed by atoms with E-state index in [1.165, 1.54) is 34.4 Å². The summed E-state index contributed by atoms with van der Waals surface area (Å²) in [6.07, 6.45) is 2.57. The highest BCUT2D eigenvalue weighted by atomic mass is 79.9. The number of thioether (sulfide) groups is 1. The van der Waals surface area contributed by atoms with Crippen molar-refractivity contribution in [2.24, 2.45) is 0 Å². The van der Waals surface area contributed by atoms with Gasteiger partial charge in [-0.25, -0.2) is 0 Å². The fourth-order valence-electron chi connectivity index (χ4n) is 2.07. The minimum atomic E-state index is 0.623. The summed E-state index contributed by atoms with van der Waals surface area (Å²) in [5, 5.41) is 3.49. The van der Waals surface area contributed by atoms with Gasteiger partial charge in [0.05, 0.1) is 0 Å². The number of likely N-dealkylation sites (N-methyl/N-ethyl adjacent to an activating group) is 1. The van der Waals surface area contributed by atoms with E-state index in [1.54, 1.807) is 0 Å². The van der Waals surface area contributed by atoms with Gasteiger partial charge in [0.1, 0.15) is 0 Å². The molecule has 0 fully saturated rings. The van der Waals surface area contributed by atoms with Gasteiger partial charge in [0, 0.05) is 11.0 Å². The van der Waals surface area contributed by atoms with Crippen LogP contribution in [0.3, 0.4) is 0 Å². The van der Waals surface area contributed by atoms with Gasteiger partial charge in [-0.1, -0.05) is 48.0 Å². The molecule has 1 aromatic carbocycles. The van der Waals surface area contributed by atoms with Crippen molar-refractivity contribution < 1.29 is 0 Å². The van der Waals surface area contributed by atoms with E-state index in [0.717, 1.165) is 13.1 Å². The maximum atomic E-state index is 3.68. The lowest BCUT2D eigenvalue weighted by Gasteiger charge is -2.19. The highest BCUT2D eigenvalue weighted by molar-refractivity contribution is 9.10. The third-order valence-corrected chi connectivity index (χ3v) is 4.74. The molecule has 0 aliphatic rings. The standard InChI is InChI=1S/C15H24BrNS/c1-3-17-12-13(8-7-11-18-4-2)14-9-5-6-10-15(14)16/h5-6,9-10,13,17H,3-4,7-8,11-12H2,1-2H3. The van der Waals surface area contributed by atoms with Crippen LogP contribution in [-0.2, 0) is 0 Å². The summed E-state index contributed by atoms with van der Waals surface area (Å²) >= 11 is 5.72. The van der Waals surface area contributed by atoms with Crippen molar-refractivity contribution in [1.82, 2.24) is 5.32 Å². The second-order valence-corrected chi connectivity index (χ2v) is 6.61. The quantitative estimate of drug-likeness (QED) is 0.660. The van der Waals surface area contributed by atoms with E-state index >= 15 is 0 Å². The van der Waals surface area contributed by atoms with Gasteiger partial charge in [-0.05, 0) is 48.4 Å². The molecule has 1 atom stereocenters. The van der Waals surface area contributed by atoms with Crippen LogP contribution in [0.15, 0.2) is 28.7 Å². The third kappa shape index (κ3) is 5.77. The van der Waals surface area contributed by atoms with E-state index in [-0.39, 0.29) is 0 Å². The summed E-state index contributed by atoms with van der Waals surface area (Å²) in [6.45, 7) is 6.53. The first-order valence-corrected chi connectivity index (χ1v) is 8.77. The summed E-state index contributed by atoms with van der Waals surface area (Å²) < 4.78 is 1.25. The number of halogens is 1. The lowest BCUT2D eigenvalue weighted by Crippen LogP contribution is -2.21. The first kappa shape index (κ1) is 16.1. The fourth-order valence-corrected chi connectivity index (χ4v) is 3.34. The number of nitrogens with one attached hydrogen (secondary N) is 1. The monoisotopic (exact) mass is 329 g/mol. The predicted molar refractivity (Wildman–Crippen MR) is 87.7 cm³/mol. The van der Waals surface area contributed by atoms with Crippen molar-refractivity contribution in [3.63, 3.8) is 0 Å². The Bertz CT molecular complexity index is 330. The van der Waals surface area contributed by atoms with Crippen LogP contribution in [0.25, 0.3) is 0 Å². The molecule has 0 heterocycles. The van der Waals surface area contributed by atoms with E-state index in [1.807, 2.05) is 11.8 Å². The van der Waals surface area contributed by atoms with Crippen molar-refractivity contribution in [3.05, 3.63) is 34.3 Å². The van der Waals surface area contributed by atoms with Crippen molar-refractivity contribution in [2.45, 2.75) is 32.6 Å². The summed E-state index contributed by atoms with van der Waals surface area (Å²) in [5.74, 6) is 3.13. The van der Waals surface area contributed by atoms with E-state index < -0.39 is 0 Å². The summed E-state index contributed by atoms with van der Waals surface area (Å²) in [4.78, 5) is 0. The molecule has 18 heavy (non-hydrogen) atoms. The Morgan fingerprint density at radius 3 is 2.72 bits per heavy atom. The van der Waals surface area contributed by atoms with Gasteiger partial charge < -0.3 is 5.32 Å². The molecule has 3 heteroatoms. The minimum absolute atomic E-state index is 0.623. The molecule has 0 amide bonds. The SMILES string of the molecule is CCNCC(CCCSCC)c1ccccc1Br. The van der Waals surface area contributed by atoms with Crippen LogP contribution in [0.2, 0.25) is 0 Å². The summed E-state index contributed by atoms with van der Waals surface area (Å²) in [7, 11) is 0. The highest BCUT2D eigenvalue weighted by Crippen LogP contribution is 2.28. The Kier molecular flexibility index (Phi) is 8.82. The Labute approximate surface area is 124 Å². The van der Waals surface area contributed by atoms with Crippen LogP contribution in [0.1, 0.15) is 38.2 Å². The van der Waals surface area contributed by atoms with Crippen molar-refractivity contribution in [2.75, 3.05) is 24.6 Å². The van der Waals surface area contributed by atoms with Crippen LogP contribution in [0, 0.1) is 0 Å². The zero-order valence-electron chi connectivity index (χ0n) is 11.4. The molecule has 0 radical (unpaired) electrons. The highest BCUT2D eigenvalue weighted by Gasteiger charge is 2.13. The van der Waals surface area contributed by atoms with Crippen LogP contribution in [0.4, 0.5) is 0 Å². The molecule has 0 bridgehead atoms. The maximum absolute atomic E-state index is 3.68. The molecule has 1 unspecified atom stereocenters. The smallest absolute Gasteiger partial charge is 0.0210 e. The van der Waals surface area contributed by atoms with Gasteiger partial charge in [0.15, 0.2) is 0 Å². The summed E-state index contributed by atoms with van der Waals surface area (Å²) in [6, 6.07) is 8.62. The zero-order valence-corrected chi connectivity index (χ0v) is 13.8. The number of rotatable bonds is 9. The molecule has 102 valence electrons. The summed E-state index contributed by atoms with van der Waals surface area (Å²) in [5.41, 5.74) is 1.44. The van der Waals surface area contributed by atoms with Crippen LogP contribution < -0.4 is 5.32 Å². The Balaban J connectivity index is 2.57. The van der Waals surface area contributed by atoms with Gasteiger partial charge in [-0.3, -0.25) is 0 Å². The van der Waals surface area contributed by atoms with Gasteiger partial charge >= 0.3 is 0 Å². The molecular weight excluding hydrogens is 306 g/mol. The number of benzene rings is 1. The molecule has 0 saturated carbocycles. The predicted octanol–water partition coefficient (Wildman–Crippen LogP) is 4.68. The Hall–Kier alpha value is 0.01000. The minimum Gasteiger partial charge on any atom is -0.316 e. The Morgan fingerprint density at radius 1 is 1.28 bits per heavy atom. The normalized spacial score (nSPS) is 12.6. The van der Waals surface area contributed by atoms with E-state index in [0.29, 0.717) is 5.92 Å². The van der Waals surface area contributed by atoms with Crippen LogP contribution in [-0.4, -0.2) is 24.6 Å². The second kappa shape index (κ2) is 9.88. The first-order chi connectivity index (χ1) is 8.79. The molecule has 1 rings (SSSR count). The Morgan fingerprint density at radius 2 is 2.06 bits per heavy atom. The van der Waals surface area contributed by atoms with Gasteiger partial charge in [-0.15, -0.1) is 0 Å². The number of hydrogen-bond donors (Lipinski definition) is 1. The largest absolute Gasteiger partial charge is 0.316 e. The van der Waals surface area contributed by atoms with Gasteiger partial charge in [0.2, 0.25) is 0 Å². The average Bonchev–Trinajstić information content (AvgIpc) is 2.39. The molecule has 0 aromatic heterocycles. The number of hydrogen-bond acceptors (Lipinski definition) is 2. The molecular formula is C15H24BrNS. The zero-order chi connectivity index (χ0) is 13.2. The van der Waals surface area contributed by atoms with E-state index in [2.05, 4.69) is 59.4 Å². The van der Waals surface area contributed by atoms with E-state index in [9.17, 15) is 0 Å². The fraction of sp³-hybridized carbons (Fsp3) is 0.600. The molecule has 1 aromatic rings. The molecule has 1 N–H and O–H groups in total. The topological polar surface area (TPSA) is 12.0 Å². The molecule has 0 spiro atoms.